The quantitative estimate of drug-likeness (QED) is 0.275. The molecule has 0 aliphatic heterocycles. The Balaban J connectivity index is 1.49. The van der Waals surface area contributed by atoms with Crippen LogP contribution in [0, 0.1) is 0 Å². The summed E-state index contributed by atoms with van der Waals surface area (Å²) in [5, 5.41) is 1.95. The van der Waals surface area contributed by atoms with Crippen LogP contribution < -0.4 is 0 Å². The molecule has 1 heterocycles. The zero-order valence-electron chi connectivity index (χ0n) is 22.4. The van der Waals surface area contributed by atoms with Crippen molar-refractivity contribution >= 4 is 21.8 Å². The molecule has 0 saturated heterocycles. The Morgan fingerprint density at radius 2 is 1.22 bits per heavy atom. The van der Waals surface area contributed by atoms with Crippen molar-refractivity contribution in [2.75, 3.05) is 0 Å². The number of hydrogen-bond donors (Lipinski definition) is 0. The van der Waals surface area contributed by atoms with Gasteiger partial charge >= 0.3 is 0 Å². The second-order valence-electron chi connectivity index (χ2n) is 7.92. The lowest BCUT2D eigenvalue weighted by atomic mass is 9.99. The Hall–Kier alpha value is -4.10. The highest BCUT2D eigenvalue weighted by Crippen LogP contribution is 2.33. The van der Waals surface area contributed by atoms with Crippen molar-refractivity contribution < 1.29 is 6.85 Å². The normalized spacial score (nSPS) is 13.4. The van der Waals surface area contributed by atoms with Gasteiger partial charge in [0.05, 0.1) is 17.9 Å². The molecule has 0 radical (unpaired) electrons. The minimum absolute atomic E-state index is 0.168. The van der Waals surface area contributed by atoms with Crippen molar-refractivity contribution in [2.45, 2.75) is 6.42 Å². The molecule has 0 atom stereocenters. The number of hydrogen-bond acceptors (Lipinski definition) is 0. The number of benzene rings is 5. The van der Waals surface area contributed by atoms with Crippen molar-refractivity contribution in [3.8, 4) is 16.8 Å². The summed E-state index contributed by atoms with van der Waals surface area (Å²) in [7, 11) is 0. The van der Waals surface area contributed by atoms with Gasteiger partial charge in [-0.1, -0.05) is 103 Å². The van der Waals surface area contributed by atoms with E-state index >= 15 is 0 Å². The molecule has 0 unspecified atom stereocenters. The highest BCUT2D eigenvalue weighted by atomic mass is 15.0. The van der Waals surface area contributed by atoms with E-state index in [9.17, 15) is 0 Å². The van der Waals surface area contributed by atoms with Gasteiger partial charge in [0.15, 0.2) is 0 Å². The molecule has 6 rings (SSSR count). The summed E-state index contributed by atoms with van der Waals surface area (Å²) >= 11 is 0. The van der Waals surface area contributed by atoms with Gasteiger partial charge in [-0.2, -0.15) is 0 Å². The second kappa shape index (κ2) is 7.86. The summed E-state index contributed by atoms with van der Waals surface area (Å²) < 4.78 is 43.4. The van der Waals surface area contributed by atoms with Crippen molar-refractivity contribution in [1.82, 2.24) is 4.57 Å². The Bertz CT molecular complexity index is 1760. The van der Waals surface area contributed by atoms with Gasteiger partial charge in [0.2, 0.25) is 0 Å². The molecule has 6 aromatic rings. The first-order valence-electron chi connectivity index (χ1n) is 13.2. The van der Waals surface area contributed by atoms with Gasteiger partial charge in [-0.3, -0.25) is 0 Å². The molecule has 0 aliphatic carbocycles. The largest absolute Gasteiger partial charge is 0.309 e. The second-order valence-corrected chi connectivity index (χ2v) is 7.92. The topological polar surface area (TPSA) is 4.93 Å². The molecule has 152 valence electrons. The van der Waals surface area contributed by atoms with E-state index in [1.807, 2.05) is 47.0 Å². The van der Waals surface area contributed by atoms with Crippen LogP contribution in [0.15, 0.2) is 127 Å². The van der Waals surface area contributed by atoms with E-state index in [1.165, 1.54) is 16.7 Å². The monoisotopic (exact) mass is 414 g/mol. The Morgan fingerprint density at radius 1 is 0.562 bits per heavy atom. The van der Waals surface area contributed by atoms with Gasteiger partial charge in [-0.15, -0.1) is 0 Å². The first kappa shape index (κ1) is 14.1. The molecule has 1 heteroatoms. The molecular weight excluding hydrogens is 386 g/mol. The molecular formula is C31H23N. The van der Waals surface area contributed by atoms with E-state index < -0.39 is 0 Å². The van der Waals surface area contributed by atoms with E-state index in [1.54, 1.807) is 0 Å². The Kier molecular flexibility index (Phi) is 3.45. The first-order chi connectivity index (χ1) is 17.9. The van der Waals surface area contributed by atoms with E-state index in [4.69, 9.17) is 6.85 Å². The predicted molar refractivity (Wildman–Crippen MR) is 135 cm³/mol. The van der Waals surface area contributed by atoms with Crippen molar-refractivity contribution in [3.05, 3.63) is 138 Å². The third-order valence-corrected chi connectivity index (χ3v) is 5.92. The van der Waals surface area contributed by atoms with Crippen molar-refractivity contribution in [3.63, 3.8) is 0 Å². The summed E-state index contributed by atoms with van der Waals surface area (Å²) in [4.78, 5) is 0. The van der Waals surface area contributed by atoms with Crippen LogP contribution in [0.4, 0.5) is 0 Å². The van der Waals surface area contributed by atoms with Gasteiger partial charge in [0, 0.05) is 16.5 Å². The highest BCUT2D eigenvalue weighted by Gasteiger charge is 2.12. The summed E-state index contributed by atoms with van der Waals surface area (Å²) in [6.07, 6.45) is 0.715. The molecule has 32 heavy (non-hydrogen) atoms. The molecule has 1 aromatic heterocycles. The number of nitrogens with zero attached hydrogens (tertiary/aromatic N) is 1. The van der Waals surface area contributed by atoms with E-state index in [-0.39, 0.29) is 35.9 Å². The maximum atomic E-state index is 8.59. The summed E-state index contributed by atoms with van der Waals surface area (Å²) in [6, 6.07) is 31.4. The van der Waals surface area contributed by atoms with Gasteiger partial charge in [0.25, 0.3) is 0 Å². The van der Waals surface area contributed by atoms with E-state index in [0.717, 1.165) is 27.4 Å². The fraction of sp³-hybridized carbons (Fsp3) is 0.0323. The first-order valence-corrected chi connectivity index (χ1v) is 10.7. The van der Waals surface area contributed by atoms with E-state index in [0.29, 0.717) is 6.42 Å². The number of aromatic nitrogens is 1. The molecule has 0 bridgehead atoms. The van der Waals surface area contributed by atoms with Crippen LogP contribution >= 0.6 is 0 Å². The Morgan fingerprint density at radius 3 is 2.03 bits per heavy atom. The van der Waals surface area contributed by atoms with Crippen molar-refractivity contribution in [2.24, 2.45) is 0 Å². The van der Waals surface area contributed by atoms with Crippen LogP contribution in [0.2, 0.25) is 0 Å². The number of para-hydroxylation sites is 2. The third-order valence-electron chi connectivity index (χ3n) is 5.92. The minimum atomic E-state index is -0.390. The zero-order valence-corrected chi connectivity index (χ0v) is 17.4. The molecule has 0 saturated carbocycles. The van der Waals surface area contributed by atoms with Gasteiger partial charge in [-0.05, 0) is 52.9 Å². The highest BCUT2D eigenvalue weighted by molar-refractivity contribution is 6.09. The van der Waals surface area contributed by atoms with Crippen LogP contribution in [0.3, 0.4) is 0 Å². The fourth-order valence-corrected chi connectivity index (χ4v) is 4.40. The third kappa shape index (κ3) is 3.29. The summed E-state index contributed by atoms with van der Waals surface area (Å²) in [5.74, 6) is 0. The van der Waals surface area contributed by atoms with Crippen molar-refractivity contribution in [1.29, 1.82) is 0 Å². The van der Waals surface area contributed by atoms with Gasteiger partial charge < -0.3 is 4.57 Å². The SMILES string of the molecule is [2H]c1c([2H])c([2H])c(-n2c3ccccc3c3ccc(Cc4ccc(-c5ccccc5)cc4)cc32)c([2H])c1[2H]. The van der Waals surface area contributed by atoms with Gasteiger partial charge in [-0.25, -0.2) is 0 Å². The minimum Gasteiger partial charge on any atom is -0.309 e. The zero-order chi connectivity index (χ0) is 25.7. The molecule has 1 nitrogen and oxygen atoms in total. The average molecular weight is 415 g/mol. The van der Waals surface area contributed by atoms with Crippen LogP contribution in [-0.2, 0) is 6.42 Å². The maximum absolute atomic E-state index is 8.59. The van der Waals surface area contributed by atoms with Crippen LogP contribution in [0.5, 0.6) is 0 Å². The standard InChI is InChI=1S/C31H23N/c1-3-9-25(10-4-1)26-18-15-23(16-19-26)21-24-17-20-29-28-13-7-8-14-30(28)32(31(29)22-24)27-11-5-2-6-12-27/h1-20,22H,21H2/i2D,5D,6D,11D,12D. The van der Waals surface area contributed by atoms with Gasteiger partial charge in [0.1, 0.15) is 0 Å². The van der Waals surface area contributed by atoms with E-state index in [2.05, 4.69) is 54.6 Å². The van der Waals surface area contributed by atoms with Crippen LogP contribution in [0.1, 0.15) is 18.0 Å². The fourth-order valence-electron chi connectivity index (χ4n) is 4.40. The molecule has 0 N–H and O–H groups in total. The number of rotatable bonds is 4. The summed E-state index contributed by atoms with van der Waals surface area (Å²) in [5.41, 5.74) is 6.39. The molecule has 0 spiro atoms. The van der Waals surface area contributed by atoms with Crippen LogP contribution in [-0.4, -0.2) is 4.57 Å². The molecule has 5 aromatic carbocycles. The Labute approximate surface area is 195 Å². The number of fused-ring (bicyclic) bond motifs is 3. The lowest BCUT2D eigenvalue weighted by Gasteiger charge is -2.09. The van der Waals surface area contributed by atoms with Crippen LogP contribution in [0.25, 0.3) is 38.6 Å². The average Bonchev–Trinajstić information content (AvgIpc) is 3.25. The smallest absolute Gasteiger partial charge is 0.0645 e. The predicted octanol–water partition coefficient (Wildman–Crippen LogP) is 8.04. The molecule has 0 amide bonds. The maximum Gasteiger partial charge on any atom is 0.0645 e. The molecule has 0 aliphatic rings. The molecule has 0 fully saturated rings. The summed E-state index contributed by atoms with van der Waals surface area (Å²) in [6.45, 7) is 0. The lowest BCUT2D eigenvalue weighted by molar-refractivity contribution is 1.16. The lowest BCUT2D eigenvalue weighted by Crippen LogP contribution is -1.94.